The number of aromatic nitrogens is 2. The highest BCUT2D eigenvalue weighted by molar-refractivity contribution is 5.09. The summed E-state index contributed by atoms with van der Waals surface area (Å²) in [5, 5.41) is 3.35. The van der Waals surface area contributed by atoms with Gasteiger partial charge in [-0.25, -0.2) is 4.98 Å². The van der Waals surface area contributed by atoms with E-state index in [4.69, 9.17) is 4.74 Å². The molecule has 0 amide bonds. The molecule has 4 nitrogen and oxygen atoms in total. The van der Waals surface area contributed by atoms with E-state index in [9.17, 15) is 0 Å². The number of nitrogens with zero attached hydrogens (tertiary/aromatic N) is 2. The first-order chi connectivity index (χ1) is 9.69. The average Bonchev–Trinajstić information content (AvgIpc) is 2.46. The summed E-state index contributed by atoms with van der Waals surface area (Å²) in [6.07, 6.45) is 10.1. The van der Waals surface area contributed by atoms with Gasteiger partial charge in [-0.05, 0) is 31.6 Å². The summed E-state index contributed by atoms with van der Waals surface area (Å²) in [5.41, 5.74) is 0.944. The van der Waals surface area contributed by atoms with E-state index in [1.54, 1.807) is 12.4 Å². The Kier molecular flexibility index (Phi) is 5.77. The molecule has 0 radical (unpaired) electrons. The maximum atomic E-state index is 6.10. The number of hydrogen-bond acceptors (Lipinski definition) is 4. The predicted octanol–water partition coefficient (Wildman–Crippen LogP) is 3.32. The molecule has 1 heterocycles. The molecule has 2 unspecified atom stereocenters. The molecular weight excluding hydrogens is 250 g/mol. The maximum Gasteiger partial charge on any atom is 0.232 e. The van der Waals surface area contributed by atoms with Gasteiger partial charge in [0.1, 0.15) is 6.10 Å². The van der Waals surface area contributed by atoms with Gasteiger partial charge in [0.15, 0.2) is 0 Å². The van der Waals surface area contributed by atoms with Gasteiger partial charge < -0.3 is 10.1 Å². The summed E-state index contributed by atoms with van der Waals surface area (Å²) in [4.78, 5) is 8.81. The molecule has 0 spiro atoms. The molecule has 1 aliphatic carbocycles. The lowest BCUT2D eigenvalue weighted by Crippen LogP contribution is -2.30. The largest absolute Gasteiger partial charge is 0.473 e. The molecule has 2 atom stereocenters. The van der Waals surface area contributed by atoms with Crippen LogP contribution in [0.4, 0.5) is 0 Å². The molecular formula is C16H27N3O. The van der Waals surface area contributed by atoms with Crippen LogP contribution in [0.5, 0.6) is 5.88 Å². The molecule has 1 fully saturated rings. The van der Waals surface area contributed by atoms with Crippen LogP contribution in [0.1, 0.15) is 58.6 Å². The Labute approximate surface area is 122 Å². The van der Waals surface area contributed by atoms with Crippen molar-refractivity contribution in [3.05, 3.63) is 18.1 Å². The zero-order valence-electron chi connectivity index (χ0n) is 12.9. The Hall–Kier alpha value is -1.16. The number of rotatable bonds is 6. The van der Waals surface area contributed by atoms with Crippen molar-refractivity contribution < 1.29 is 4.74 Å². The molecule has 1 N–H and O–H groups in total. The highest BCUT2D eigenvalue weighted by atomic mass is 16.5. The normalized spacial score (nSPS) is 23.0. The molecule has 4 heteroatoms. The Morgan fingerprint density at radius 2 is 2.10 bits per heavy atom. The molecule has 2 rings (SSSR count). The molecule has 1 saturated carbocycles. The second-order valence-electron chi connectivity index (χ2n) is 5.99. The fourth-order valence-electron chi connectivity index (χ4n) is 2.79. The van der Waals surface area contributed by atoms with Gasteiger partial charge in [-0.1, -0.05) is 27.2 Å². The van der Waals surface area contributed by atoms with Crippen molar-refractivity contribution in [1.29, 1.82) is 0 Å². The zero-order valence-corrected chi connectivity index (χ0v) is 12.9. The van der Waals surface area contributed by atoms with Crippen LogP contribution >= 0.6 is 0 Å². The molecule has 1 aliphatic rings. The number of nitrogens with one attached hydrogen (secondary N) is 1. The quantitative estimate of drug-likeness (QED) is 0.866. The van der Waals surface area contributed by atoms with Crippen LogP contribution in [0.2, 0.25) is 0 Å². The van der Waals surface area contributed by atoms with Crippen LogP contribution in [-0.4, -0.2) is 22.1 Å². The summed E-state index contributed by atoms with van der Waals surface area (Å²) < 4.78 is 6.10. The van der Waals surface area contributed by atoms with Crippen molar-refractivity contribution in [1.82, 2.24) is 15.3 Å². The second kappa shape index (κ2) is 7.58. The monoisotopic (exact) mass is 277 g/mol. The fourth-order valence-corrected chi connectivity index (χ4v) is 2.79. The lowest BCUT2D eigenvalue weighted by atomic mass is 9.85. The zero-order chi connectivity index (χ0) is 14.4. The van der Waals surface area contributed by atoms with Crippen molar-refractivity contribution in [3.8, 4) is 5.88 Å². The second-order valence-corrected chi connectivity index (χ2v) is 5.99. The summed E-state index contributed by atoms with van der Waals surface area (Å²) in [7, 11) is 0. The summed E-state index contributed by atoms with van der Waals surface area (Å²) >= 11 is 0. The van der Waals surface area contributed by atoms with Crippen LogP contribution < -0.4 is 10.1 Å². The smallest absolute Gasteiger partial charge is 0.232 e. The van der Waals surface area contributed by atoms with E-state index >= 15 is 0 Å². The highest BCUT2D eigenvalue weighted by Crippen LogP contribution is 2.29. The summed E-state index contributed by atoms with van der Waals surface area (Å²) in [6.45, 7) is 7.24. The van der Waals surface area contributed by atoms with Gasteiger partial charge in [0.25, 0.3) is 0 Å². The van der Waals surface area contributed by atoms with Gasteiger partial charge in [-0.15, -0.1) is 0 Å². The third-order valence-electron chi connectivity index (χ3n) is 3.99. The van der Waals surface area contributed by atoms with Crippen LogP contribution in [0.3, 0.4) is 0 Å². The Morgan fingerprint density at radius 1 is 1.30 bits per heavy atom. The minimum atomic E-state index is 0.316. The lowest BCUT2D eigenvalue weighted by molar-refractivity contribution is 0.0851. The average molecular weight is 277 g/mol. The lowest BCUT2D eigenvalue weighted by Gasteiger charge is -2.30. The van der Waals surface area contributed by atoms with Crippen molar-refractivity contribution in [2.24, 2.45) is 5.92 Å². The van der Waals surface area contributed by atoms with Crippen LogP contribution in [0.25, 0.3) is 0 Å². The molecule has 0 aromatic carbocycles. The first-order valence-electron chi connectivity index (χ1n) is 7.90. The number of hydrogen-bond donors (Lipinski definition) is 1. The van der Waals surface area contributed by atoms with Gasteiger partial charge in [0, 0.05) is 18.8 Å². The first kappa shape index (κ1) is 15.2. The minimum Gasteiger partial charge on any atom is -0.473 e. The van der Waals surface area contributed by atoms with Gasteiger partial charge in [0.2, 0.25) is 5.88 Å². The van der Waals surface area contributed by atoms with E-state index in [0.717, 1.165) is 18.7 Å². The molecule has 0 bridgehead atoms. The van der Waals surface area contributed by atoms with E-state index in [1.807, 2.05) is 0 Å². The molecule has 20 heavy (non-hydrogen) atoms. The Morgan fingerprint density at radius 3 is 2.85 bits per heavy atom. The highest BCUT2D eigenvalue weighted by Gasteiger charge is 2.25. The van der Waals surface area contributed by atoms with Crippen LogP contribution in [-0.2, 0) is 6.54 Å². The van der Waals surface area contributed by atoms with Crippen molar-refractivity contribution in [2.45, 2.75) is 71.6 Å². The Balaban J connectivity index is 1.96. The third-order valence-corrected chi connectivity index (χ3v) is 3.99. The maximum absolute atomic E-state index is 6.10. The van der Waals surface area contributed by atoms with Gasteiger partial charge >= 0.3 is 0 Å². The van der Waals surface area contributed by atoms with Gasteiger partial charge in [0.05, 0.1) is 11.9 Å². The molecule has 1 aromatic rings. The van der Waals surface area contributed by atoms with Crippen LogP contribution in [0, 0.1) is 5.92 Å². The topological polar surface area (TPSA) is 47.0 Å². The number of ether oxygens (including phenoxy) is 1. The standard InChI is InChI=1S/C16H27N3O/c1-4-13-7-5-6-8-15(13)20-16-11-17-9-14(19-16)10-18-12(2)3/h9,11-13,15,18H,4-8,10H2,1-3H3. The predicted molar refractivity (Wildman–Crippen MR) is 80.7 cm³/mol. The summed E-state index contributed by atoms with van der Waals surface area (Å²) in [5.74, 6) is 1.35. The fraction of sp³-hybridized carbons (Fsp3) is 0.750. The first-order valence-corrected chi connectivity index (χ1v) is 7.90. The molecule has 112 valence electrons. The summed E-state index contributed by atoms with van der Waals surface area (Å²) in [6, 6.07) is 0.448. The molecule has 1 aromatic heterocycles. The van der Waals surface area contributed by atoms with E-state index in [-0.39, 0.29) is 0 Å². The van der Waals surface area contributed by atoms with Crippen molar-refractivity contribution in [2.75, 3.05) is 0 Å². The molecule has 0 saturated heterocycles. The van der Waals surface area contributed by atoms with E-state index in [0.29, 0.717) is 23.9 Å². The third kappa shape index (κ3) is 4.44. The molecule has 0 aliphatic heterocycles. The minimum absolute atomic E-state index is 0.316. The van der Waals surface area contributed by atoms with Crippen LogP contribution in [0.15, 0.2) is 12.4 Å². The van der Waals surface area contributed by atoms with Gasteiger partial charge in [-0.2, -0.15) is 0 Å². The van der Waals surface area contributed by atoms with Crippen molar-refractivity contribution >= 4 is 0 Å². The van der Waals surface area contributed by atoms with E-state index < -0.39 is 0 Å². The van der Waals surface area contributed by atoms with Crippen molar-refractivity contribution in [3.63, 3.8) is 0 Å². The van der Waals surface area contributed by atoms with E-state index in [2.05, 4.69) is 36.1 Å². The Bertz CT molecular complexity index is 408. The van der Waals surface area contributed by atoms with Gasteiger partial charge in [-0.3, -0.25) is 4.98 Å². The van der Waals surface area contributed by atoms with E-state index in [1.165, 1.54) is 25.7 Å². The SMILES string of the molecule is CCC1CCCCC1Oc1cncc(CNC(C)C)n1.